The quantitative estimate of drug-likeness (QED) is 0.924. The van der Waals surface area contributed by atoms with Crippen LogP contribution in [0.2, 0.25) is 0 Å². The van der Waals surface area contributed by atoms with Crippen LogP contribution < -0.4 is 10.2 Å². The molecule has 1 N–H and O–H groups in total. The molecule has 0 aliphatic carbocycles. The van der Waals surface area contributed by atoms with Crippen molar-refractivity contribution >= 4 is 23.5 Å². The summed E-state index contributed by atoms with van der Waals surface area (Å²) in [5, 5.41) is 2.69. The minimum atomic E-state index is -0.509. The second-order valence-corrected chi connectivity index (χ2v) is 5.94. The summed E-state index contributed by atoms with van der Waals surface area (Å²) in [7, 11) is 1.80. The molecule has 1 saturated heterocycles. The lowest BCUT2D eigenvalue weighted by Crippen LogP contribution is -2.47. The van der Waals surface area contributed by atoms with E-state index >= 15 is 0 Å². The molecule has 0 aromatic heterocycles. The van der Waals surface area contributed by atoms with E-state index in [2.05, 4.69) is 5.32 Å². The van der Waals surface area contributed by atoms with Gasteiger partial charge in [0.05, 0.1) is 0 Å². The number of carbonyl (C=O) groups excluding carboxylic acids is 2. The first-order valence-corrected chi connectivity index (χ1v) is 8.24. The van der Waals surface area contributed by atoms with E-state index in [0.717, 1.165) is 24.2 Å². The lowest BCUT2D eigenvalue weighted by Gasteiger charge is -2.33. The average molecular weight is 339 g/mol. The van der Waals surface area contributed by atoms with Gasteiger partial charge in [-0.15, -0.1) is 0 Å². The maximum atomic E-state index is 12.2. The molecule has 0 bridgehead atoms. The largest absolute Gasteiger partial charge is 0.444 e. The maximum absolute atomic E-state index is 12.2. The molecule has 1 aliphatic heterocycles. The number of nitrogens with zero attached hydrogens (tertiary/aromatic N) is 2. The average Bonchev–Trinajstić information content (AvgIpc) is 2.64. The lowest BCUT2D eigenvalue weighted by atomic mass is 10.2. The summed E-state index contributed by atoms with van der Waals surface area (Å²) >= 11 is 0. The Morgan fingerprint density at radius 2 is 1.80 bits per heavy atom. The molecule has 6 nitrogen and oxygen atoms in total. The van der Waals surface area contributed by atoms with E-state index in [4.69, 9.17) is 4.74 Å². The molecule has 2 aromatic carbocycles. The van der Waals surface area contributed by atoms with Gasteiger partial charge < -0.3 is 9.64 Å². The summed E-state index contributed by atoms with van der Waals surface area (Å²) < 4.78 is 5.19. The number of benzene rings is 2. The Morgan fingerprint density at radius 1 is 1.08 bits per heavy atom. The van der Waals surface area contributed by atoms with Gasteiger partial charge in [-0.1, -0.05) is 30.3 Å². The molecule has 6 heteroatoms. The van der Waals surface area contributed by atoms with Gasteiger partial charge in [-0.2, -0.15) is 0 Å². The number of urea groups is 1. The summed E-state index contributed by atoms with van der Waals surface area (Å²) in [4.78, 5) is 27.5. The van der Waals surface area contributed by atoms with Crippen LogP contribution in [0.15, 0.2) is 54.6 Å². The summed E-state index contributed by atoms with van der Waals surface area (Å²) in [6, 6.07) is 16.7. The van der Waals surface area contributed by atoms with Crippen molar-refractivity contribution in [1.82, 2.24) is 4.90 Å². The van der Waals surface area contributed by atoms with E-state index in [9.17, 15) is 9.59 Å². The van der Waals surface area contributed by atoms with Gasteiger partial charge in [-0.05, 0) is 36.2 Å². The number of carbonyl (C=O) groups is 2. The van der Waals surface area contributed by atoms with Crippen LogP contribution in [-0.4, -0.2) is 37.2 Å². The SMILES string of the molecule is CN1CCCN(c2ccc(NC(=O)OCc3ccccc3)cc2)C1=O. The molecule has 0 saturated carbocycles. The van der Waals surface area contributed by atoms with Crippen LogP contribution in [0.5, 0.6) is 0 Å². The van der Waals surface area contributed by atoms with Gasteiger partial charge in [0.2, 0.25) is 0 Å². The Morgan fingerprint density at radius 3 is 2.52 bits per heavy atom. The van der Waals surface area contributed by atoms with Gasteiger partial charge >= 0.3 is 12.1 Å². The number of nitrogens with one attached hydrogen (secondary N) is 1. The first-order valence-electron chi connectivity index (χ1n) is 8.24. The van der Waals surface area contributed by atoms with Crippen molar-refractivity contribution in [3.8, 4) is 0 Å². The Kier molecular flexibility index (Phi) is 5.18. The van der Waals surface area contributed by atoms with Crippen molar-refractivity contribution in [2.24, 2.45) is 0 Å². The fraction of sp³-hybridized carbons (Fsp3) is 0.263. The zero-order chi connectivity index (χ0) is 17.6. The highest BCUT2D eigenvalue weighted by Gasteiger charge is 2.23. The minimum absolute atomic E-state index is 0.00534. The Bertz CT molecular complexity index is 731. The standard InChI is InChI=1S/C19H21N3O3/c1-21-12-5-13-22(19(21)24)17-10-8-16(9-11-17)20-18(23)25-14-15-6-3-2-4-7-15/h2-4,6-11H,5,12-14H2,1H3,(H,20,23). The molecule has 0 spiro atoms. The molecule has 3 amide bonds. The first-order chi connectivity index (χ1) is 12.1. The van der Waals surface area contributed by atoms with Crippen LogP contribution in [0.4, 0.5) is 21.0 Å². The number of anilines is 2. The third kappa shape index (κ3) is 4.29. The van der Waals surface area contributed by atoms with Crippen LogP contribution in [0, 0.1) is 0 Å². The highest BCUT2D eigenvalue weighted by Crippen LogP contribution is 2.21. The molecule has 0 atom stereocenters. The lowest BCUT2D eigenvalue weighted by molar-refractivity contribution is 0.155. The van der Waals surface area contributed by atoms with E-state index < -0.39 is 6.09 Å². The van der Waals surface area contributed by atoms with Gasteiger partial charge in [0.15, 0.2) is 0 Å². The van der Waals surface area contributed by atoms with Crippen LogP contribution in [0.3, 0.4) is 0 Å². The second-order valence-electron chi connectivity index (χ2n) is 5.94. The van der Waals surface area contributed by atoms with Crippen molar-refractivity contribution < 1.29 is 14.3 Å². The Balaban J connectivity index is 1.55. The summed E-state index contributed by atoms with van der Waals surface area (Å²) in [5.74, 6) is 0. The molecule has 25 heavy (non-hydrogen) atoms. The highest BCUT2D eigenvalue weighted by molar-refractivity contribution is 5.93. The van der Waals surface area contributed by atoms with Crippen molar-refractivity contribution in [2.75, 3.05) is 30.4 Å². The summed E-state index contributed by atoms with van der Waals surface area (Å²) in [6.45, 7) is 1.71. The predicted molar refractivity (Wildman–Crippen MR) is 96.7 cm³/mol. The normalized spacial score (nSPS) is 14.4. The Hall–Kier alpha value is -3.02. The van der Waals surface area contributed by atoms with E-state index in [0.29, 0.717) is 12.2 Å². The van der Waals surface area contributed by atoms with Crippen molar-refractivity contribution in [2.45, 2.75) is 13.0 Å². The van der Waals surface area contributed by atoms with Crippen LogP contribution in [0.1, 0.15) is 12.0 Å². The molecule has 1 heterocycles. The van der Waals surface area contributed by atoms with Gasteiger partial charge in [0, 0.05) is 31.5 Å². The number of amides is 3. The van der Waals surface area contributed by atoms with Gasteiger partial charge in [0.25, 0.3) is 0 Å². The van der Waals surface area contributed by atoms with Gasteiger partial charge in [0.1, 0.15) is 6.61 Å². The third-order valence-corrected chi connectivity index (χ3v) is 4.07. The van der Waals surface area contributed by atoms with E-state index in [1.165, 1.54) is 0 Å². The van der Waals surface area contributed by atoms with Crippen LogP contribution in [0.25, 0.3) is 0 Å². The van der Waals surface area contributed by atoms with E-state index in [1.54, 1.807) is 29.0 Å². The first kappa shape index (κ1) is 16.8. The van der Waals surface area contributed by atoms with Gasteiger partial charge in [-0.25, -0.2) is 9.59 Å². The molecular weight excluding hydrogens is 318 g/mol. The van der Waals surface area contributed by atoms with Gasteiger partial charge in [-0.3, -0.25) is 10.2 Å². The van der Waals surface area contributed by atoms with Crippen LogP contribution in [-0.2, 0) is 11.3 Å². The fourth-order valence-electron chi connectivity index (χ4n) is 2.70. The molecule has 1 aliphatic rings. The molecule has 0 unspecified atom stereocenters. The summed E-state index contributed by atoms with van der Waals surface area (Å²) in [6.07, 6.45) is 0.430. The topological polar surface area (TPSA) is 61.9 Å². The maximum Gasteiger partial charge on any atom is 0.411 e. The highest BCUT2D eigenvalue weighted by atomic mass is 16.5. The number of hydrogen-bond donors (Lipinski definition) is 1. The smallest absolute Gasteiger partial charge is 0.411 e. The zero-order valence-electron chi connectivity index (χ0n) is 14.1. The zero-order valence-corrected chi connectivity index (χ0v) is 14.1. The molecule has 3 rings (SSSR count). The minimum Gasteiger partial charge on any atom is -0.444 e. The van der Waals surface area contributed by atoms with E-state index in [-0.39, 0.29) is 12.6 Å². The van der Waals surface area contributed by atoms with Crippen molar-refractivity contribution in [1.29, 1.82) is 0 Å². The van der Waals surface area contributed by atoms with E-state index in [1.807, 2.05) is 42.5 Å². The monoisotopic (exact) mass is 339 g/mol. The molecule has 2 aromatic rings. The molecule has 1 fully saturated rings. The van der Waals surface area contributed by atoms with Crippen molar-refractivity contribution in [3.63, 3.8) is 0 Å². The number of rotatable bonds is 4. The predicted octanol–water partition coefficient (Wildman–Crippen LogP) is 3.70. The van der Waals surface area contributed by atoms with Crippen molar-refractivity contribution in [3.05, 3.63) is 60.2 Å². The molecule has 130 valence electrons. The number of hydrogen-bond acceptors (Lipinski definition) is 3. The molecule has 0 radical (unpaired) electrons. The van der Waals surface area contributed by atoms with Crippen LogP contribution >= 0.6 is 0 Å². The fourth-order valence-corrected chi connectivity index (χ4v) is 2.70. The third-order valence-electron chi connectivity index (χ3n) is 4.07. The molecular formula is C19H21N3O3. The Labute approximate surface area is 147 Å². The summed E-state index contributed by atoms with van der Waals surface area (Å²) in [5.41, 5.74) is 2.38. The number of ether oxygens (including phenoxy) is 1. The second kappa shape index (κ2) is 7.70.